The van der Waals surface area contributed by atoms with Crippen molar-refractivity contribution in [3.05, 3.63) is 125 Å². The van der Waals surface area contributed by atoms with Crippen LogP contribution in [-0.4, -0.2) is 176 Å². The largest absolute Gasteiger partial charge is 0.481 e. The van der Waals surface area contributed by atoms with Crippen LogP contribution in [0.5, 0.6) is 0 Å². The van der Waals surface area contributed by atoms with Crippen LogP contribution in [0.15, 0.2) is 108 Å². The molecule has 0 aromatic heterocycles. The average molecular weight is 1220 g/mol. The molecule has 4 saturated heterocycles. The highest BCUT2D eigenvalue weighted by Gasteiger charge is 2.45. The number of rotatable bonds is 27. The summed E-state index contributed by atoms with van der Waals surface area (Å²) in [5, 5.41) is 32.4. The number of carboxylic acid groups (broad SMARTS) is 1. The molecule has 0 radical (unpaired) electrons. The predicted octanol–water partition coefficient (Wildman–Crippen LogP) is 4.39. The van der Waals surface area contributed by atoms with Crippen LogP contribution in [0.25, 0.3) is 11.1 Å². The number of likely N-dealkylation sites (tertiary alicyclic amines) is 2. The van der Waals surface area contributed by atoms with Gasteiger partial charge in [-0.1, -0.05) is 105 Å². The number of unbranched alkanes of at least 4 members (excludes halogenated alkanes) is 1. The number of aliphatic hydroxyl groups is 1. The van der Waals surface area contributed by atoms with Crippen LogP contribution in [0.4, 0.5) is 9.59 Å². The summed E-state index contributed by atoms with van der Waals surface area (Å²) in [6.45, 7) is 4.74. The quantitative estimate of drug-likeness (QED) is 0.0407. The molecule has 6 amide bonds. The third-order valence-electron chi connectivity index (χ3n) is 16.8. The van der Waals surface area contributed by atoms with Crippen molar-refractivity contribution in [3.63, 3.8) is 0 Å². The van der Waals surface area contributed by atoms with E-state index in [0.717, 1.165) is 27.8 Å². The number of nitrogens with one attached hydrogen (secondary N) is 4. The Kier molecular flexibility index (Phi) is 21.7. The van der Waals surface area contributed by atoms with Crippen LogP contribution in [0, 0.1) is 11.8 Å². The van der Waals surface area contributed by atoms with Crippen LogP contribution < -0.4 is 27.0 Å². The molecule has 9 atom stereocenters. The molecule has 468 valence electrons. The van der Waals surface area contributed by atoms with E-state index < -0.39 is 107 Å². The molecule has 5 aliphatic rings. The van der Waals surface area contributed by atoms with Crippen LogP contribution in [0.2, 0.25) is 0 Å². The fourth-order valence-electron chi connectivity index (χ4n) is 12.4. The van der Waals surface area contributed by atoms with E-state index in [4.69, 9.17) is 24.7 Å². The van der Waals surface area contributed by atoms with Gasteiger partial charge in [0.2, 0.25) is 33.7 Å². The number of benzene rings is 4. The molecule has 4 fully saturated rings. The molecular weight excluding hydrogens is 1140 g/mol. The van der Waals surface area contributed by atoms with Gasteiger partial charge >= 0.3 is 18.2 Å². The van der Waals surface area contributed by atoms with Crippen molar-refractivity contribution in [2.75, 3.05) is 52.5 Å². The summed E-state index contributed by atoms with van der Waals surface area (Å²) in [6.07, 6.45) is -1.15. The number of aliphatic carboxylic acids is 1. The van der Waals surface area contributed by atoms with Crippen LogP contribution in [0.1, 0.15) is 99.8 Å². The maximum atomic E-state index is 14.6. The molecule has 1 aliphatic carbocycles. The molecule has 0 bridgehead atoms. The Balaban J connectivity index is 0.811. The number of alkyl carbamates (subject to hydrolysis) is 2. The molecule has 9 rings (SSSR count). The number of nitrogens with zero attached hydrogens (tertiary/aromatic N) is 3. The molecule has 24 heteroatoms. The zero-order chi connectivity index (χ0) is 61.8. The summed E-state index contributed by atoms with van der Waals surface area (Å²) in [6, 6.07) is 25.8. The molecule has 0 saturated carbocycles. The minimum absolute atomic E-state index is 0.0249. The lowest BCUT2D eigenvalue weighted by Crippen LogP contribution is -2.57. The SMILES string of the molecule is CC(C)CN(C[C@@H](O)[C@H](Cc1ccccc1)NC(=O)O[C@H]1CO[C@H]2OCC[C@H]21)S(=O)(=O)c1ccc(CNC(=O)[C@@H]2CCCN2C(=O)[C@H](CCCCNC(=O)OCC2c3ccccc3-c3ccccc32)NC(=O)[C@@H]2CCCN2C(=O)[C@@H](N)CC(=O)O)cc1. The van der Waals surface area contributed by atoms with E-state index in [1.807, 2.05) is 80.6 Å². The first-order chi connectivity index (χ1) is 41.9. The molecule has 0 unspecified atom stereocenters. The Morgan fingerprint density at radius 1 is 0.736 bits per heavy atom. The second-order valence-electron chi connectivity index (χ2n) is 23.4. The maximum absolute atomic E-state index is 14.6. The first-order valence-electron chi connectivity index (χ1n) is 30.1. The smallest absolute Gasteiger partial charge is 0.407 e. The van der Waals surface area contributed by atoms with Gasteiger partial charge in [0, 0.05) is 45.2 Å². The number of aliphatic hydroxyl groups excluding tert-OH is 1. The second-order valence-corrected chi connectivity index (χ2v) is 25.4. The Labute approximate surface area is 507 Å². The number of sulfonamides is 1. The number of hydrogen-bond acceptors (Lipinski definition) is 15. The van der Waals surface area contributed by atoms with E-state index in [-0.39, 0.29) is 94.4 Å². The highest BCUT2D eigenvalue weighted by Crippen LogP contribution is 2.44. The number of nitrogens with two attached hydrogens (primary N) is 1. The van der Waals surface area contributed by atoms with Crippen molar-refractivity contribution in [2.24, 2.45) is 17.6 Å². The van der Waals surface area contributed by atoms with E-state index in [9.17, 15) is 52.2 Å². The van der Waals surface area contributed by atoms with Crippen molar-refractivity contribution in [3.8, 4) is 11.1 Å². The van der Waals surface area contributed by atoms with Crippen LogP contribution in [0.3, 0.4) is 0 Å². The highest BCUT2D eigenvalue weighted by molar-refractivity contribution is 7.89. The lowest BCUT2D eigenvalue weighted by atomic mass is 9.98. The lowest BCUT2D eigenvalue weighted by molar-refractivity contribution is -0.145. The number of fused-ring (bicyclic) bond motifs is 4. The number of amides is 6. The normalized spacial score (nSPS) is 21.1. The van der Waals surface area contributed by atoms with Crippen molar-refractivity contribution in [1.82, 2.24) is 35.4 Å². The van der Waals surface area contributed by atoms with Crippen molar-refractivity contribution in [1.29, 1.82) is 0 Å². The van der Waals surface area contributed by atoms with Crippen molar-refractivity contribution < 1.29 is 71.1 Å². The van der Waals surface area contributed by atoms with Gasteiger partial charge in [-0.2, -0.15) is 4.31 Å². The Bertz CT molecular complexity index is 3150. The van der Waals surface area contributed by atoms with E-state index >= 15 is 0 Å². The number of carbonyl (C=O) groups excluding carboxylic acids is 6. The minimum atomic E-state index is -4.24. The molecule has 4 aromatic rings. The second kappa shape index (κ2) is 29.5. The average Bonchev–Trinajstić information content (AvgIpc) is 1.81. The predicted molar refractivity (Wildman–Crippen MR) is 318 cm³/mol. The maximum Gasteiger partial charge on any atom is 0.407 e. The van der Waals surface area contributed by atoms with E-state index in [1.54, 1.807) is 12.1 Å². The molecule has 87 heavy (non-hydrogen) atoms. The highest BCUT2D eigenvalue weighted by atomic mass is 32.2. The first-order valence-corrected chi connectivity index (χ1v) is 31.6. The summed E-state index contributed by atoms with van der Waals surface area (Å²) >= 11 is 0. The van der Waals surface area contributed by atoms with Crippen molar-refractivity contribution >= 4 is 51.8 Å². The first kappa shape index (κ1) is 64.0. The van der Waals surface area contributed by atoms with Gasteiger partial charge in [-0.15, -0.1) is 0 Å². The fourth-order valence-corrected chi connectivity index (χ4v) is 14.0. The summed E-state index contributed by atoms with van der Waals surface area (Å²) < 4.78 is 52.7. The molecule has 4 aliphatic heterocycles. The van der Waals surface area contributed by atoms with Crippen LogP contribution in [-0.2, 0) is 65.9 Å². The molecule has 0 spiro atoms. The van der Waals surface area contributed by atoms with E-state index in [2.05, 4.69) is 33.4 Å². The summed E-state index contributed by atoms with van der Waals surface area (Å²) in [5.74, 6) is -3.96. The summed E-state index contributed by atoms with van der Waals surface area (Å²) in [5.41, 5.74) is 11.6. The number of ether oxygens (including phenoxy) is 4. The Morgan fingerprint density at radius 2 is 1.38 bits per heavy atom. The van der Waals surface area contributed by atoms with Crippen molar-refractivity contribution in [2.45, 2.75) is 144 Å². The van der Waals surface area contributed by atoms with Gasteiger partial charge in [-0.25, -0.2) is 18.0 Å². The van der Waals surface area contributed by atoms with Gasteiger partial charge in [0.15, 0.2) is 6.29 Å². The zero-order valence-corrected chi connectivity index (χ0v) is 49.9. The summed E-state index contributed by atoms with van der Waals surface area (Å²) in [7, 11) is -4.24. The lowest BCUT2D eigenvalue weighted by Gasteiger charge is -2.31. The fraction of sp³-hybridized carbons (Fsp3) is 0.508. The van der Waals surface area contributed by atoms with Gasteiger partial charge in [-0.3, -0.25) is 24.0 Å². The third kappa shape index (κ3) is 16.0. The van der Waals surface area contributed by atoms with E-state index in [1.165, 1.54) is 26.2 Å². The Morgan fingerprint density at radius 3 is 2.05 bits per heavy atom. The molecule has 4 aromatic carbocycles. The Hall–Kier alpha value is -7.48. The summed E-state index contributed by atoms with van der Waals surface area (Å²) in [4.78, 5) is 96.4. The van der Waals surface area contributed by atoms with Gasteiger partial charge in [0.05, 0.1) is 48.6 Å². The molecule has 23 nitrogen and oxygen atoms in total. The minimum Gasteiger partial charge on any atom is -0.481 e. The number of hydrogen-bond donors (Lipinski definition) is 7. The molecular formula is C63H80N8O15S. The van der Waals surface area contributed by atoms with Gasteiger partial charge in [0.25, 0.3) is 0 Å². The molecule has 8 N–H and O–H groups in total. The van der Waals surface area contributed by atoms with E-state index in [0.29, 0.717) is 50.7 Å². The monoisotopic (exact) mass is 1220 g/mol. The number of carbonyl (C=O) groups is 7. The molecule has 4 heterocycles. The van der Waals surface area contributed by atoms with Gasteiger partial charge < -0.3 is 66.0 Å². The van der Waals surface area contributed by atoms with Crippen LogP contribution >= 0.6 is 0 Å². The van der Waals surface area contributed by atoms with Gasteiger partial charge in [-0.05, 0) is 109 Å². The number of carboxylic acids is 1. The zero-order valence-electron chi connectivity index (χ0n) is 49.1. The standard InChI is InChI=1S/C63H80N8O15S/c1-39(2)35-69(36-54(72)51(32-40-14-4-3-5-15-40)68-63(80)86-55-38-84-61-47(55)27-31-83-61)87(81,82)42-25-23-41(24-26-42)34-66-57(75)52-21-12-30-71(52)60(78)50(67-58(76)53-22-13-29-70(53)59(77)49(64)33-56(73)74)20-10-11-28-65-62(79)85-37-48-45-18-8-6-16-43(45)44-17-7-9-19-46(44)48/h3-9,14-19,23-26,39,47-55,61,72H,10-13,20-22,27-38,64H2,1-2H3,(H,65,79)(H,66,75)(H,67,76)(H,68,80)(H,73,74)/t47-,49-,50-,51-,52-,53-,54+,55-,61+/m0/s1. The third-order valence-corrected chi connectivity index (χ3v) is 18.7. The topological polar surface area (TPSA) is 315 Å². The van der Waals surface area contributed by atoms with Gasteiger partial charge in [0.1, 0.15) is 30.8 Å².